The Labute approximate surface area is 110 Å². The van der Waals surface area contributed by atoms with E-state index in [1.54, 1.807) is 7.11 Å². The molecule has 18 heavy (non-hydrogen) atoms. The summed E-state index contributed by atoms with van der Waals surface area (Å²) in [5, 5.41) is 0. The third-order valence-electron chi connectivity index (χ3n) is 3.47. The van der Waals surface area contributed by atoms with Crippen LogP contribution in [0, 0.1) is 5.92 Å². The third-order valence-corrected chi connectivity index (χ3v) is 3.47. The lowest BCUT2D eigenvalue weighted by atomic mass is 9.84. The minimum Gasteiger partial charge on any atom is -0.497 e. The Balaban J connectivity index is 2.21. The van der Waals surface area contributed by atoms with E-state index >= 15 is 0 Å². The van der Waals surface area contributed by atoms with E-state index < -0.39 is 0 Å². The summed E-state index contributed by atoms with van der Waals surface area (Å²) in [5.74, 6) is 2.19. The van der Waals surface area contributed by atoms with Gasteiger partial charge in [-0.3, -0.25) is 0 Å². The van der Waals surface area contributed by atoms with E-state index in [1.165, 1.54) is 17.6 Å². The Morgan fingerprint density at radius 3 is 2.39 bits per heavy atom. The fourth-order valence-corrected chi connectivity index (χ4v) is 2.53. The summed E-state index contributed by atoms with van der Waals surface area (Å²) in [4.78, 5) is 0. The van der Waals surface area contributed by atoms with E-state index in [9.17, 15) is 0 Å². The van der Waals surface area contributed by atoms with Crippen molar-refractivity contribution < 1.29 is 4.74 Å². The Morgan fingerprint density at radius 2 is 1.89 bits per heavy atom. The summed E-state index contributed by atoms with van der Waals surface area (Å²) in [6.45, 7) is 4.58. The van der Waals surface area contributed by atoms with Gasteiger partial charge < -0.3 is 4.74 Å². The van der Waals surface area contributed by atoms with Gasteiger partial charge in [-0.1, -0.05) is 49.8 Å². The van der Waals surface area contributed by atoms with Crippen molar-refractivity contribution in [2.75, 3.05) is 7.11 Å². The molecule has 1 nitrogen and oxygen atoms in total. The van der Waals surface area contributed by atoms with Gasteiger partial charge in [0, 0.05) is 5.92 Å². The average molecular weight is 242 g/mol. The SMILES string of the molecule is COc1ccc([C@H](CC(C)C)C2=CC=CC2)cc1. The smallest absolute Gasteiger partial charge is 0.118 e. The van der Waals surface area contributed by atoms with Gasteiger partial charge in [0.1, 0.15) is 5.75 Å². The maximum Gasteiger partial charge on any atom is 0.118 e. The van der Waals surface area contributed by atoms with Crippen LogP contribution < -0.4 is 4.74 Å². The summed E-state index contributed by atoms with van der Waals surface area (Å²) in [6, 6.07) is 8.52. The summed E-state index contributed by atoms with van der Waals surface area (Å²) in [7, 11) is 1.71. The number of rotatable bonds is 5. The zero-order chi connectivity index (χ0) is 13.0. The second kappa shape index (κ2) is 5.90. The maximum absolute atomic E-state index is 5.23. The van der Waals surface area contributed by atoms with Gasteiger partial charge in [0.15, 0.2) is 0 Å². The molecule has 0 amide bonds. The summed E-state index contributed by atoms with van der Waals surface area (Å²) in [5.41, 5.74) is 2.94. The van der Waals surface area contributed by atoms with Crippen LogP contribution in [0.3, 0.4) is 0 Å². The van der Waals surface area contributed by atoms with Crippen LogP contribution in [0.2, 0.25) is 0 Å². The van der Waals surface area contributed by atoms with Gasteiger partial charge in [0.05, 0.1) is 7.11 Å². The van der Waals surface area contributed by atoms with E-state index in [1.807, 2.05) is 0 Å². The molecule has 1 heteroatoms. The topological polar surface area (TPSA) is 9.23 Å². The molecule has 1 aromatic rings. The Morgan fingerprint density at radius 1 is 1.17 bits per heavy atom. The number of ether oxygens (including phenoxy) is 1. The number of hydrogen-bond acceptors (Lipinski definition) is 1. The molecule has 2 rings (SSSR count). The highest BCUT2D eigenvalue weighted by atomic mass is 16.5. The first-order valence-corrected chi connectivity index (χ1v) is 6.70. The van der Waals surface area contributed by atoms with E-state index in [-0.39, 0.29) is 0 Å². The minimum atomic E-state index is 0.547. The van der Waals surface area contributed by atoms with Gasteiger partial charge in [-0.25, -0.2) is 0 Å². The lowest BCUT2D eigenvalue weighted by molar-refractivity contribution is 0.414. The zero-order valence-corrected chi connectivity index (χ0v) is 11.5. The molecule has 1 aliphatic carbocycles. The third kappa shape index (κ3) is 3.04. The molecule has 0 spiro atoms. The number of allylic oxidation sites excluding steroid dienone is 4. The number of benzene rings is 1. The summed E-state index contributed by atoms with van der Waals surface area (Å²) < 4.78 is 5.23. The molecule has 0 aromatic heterocycles. The fourth-order valence-electron chi connectivity index (χ4n) is 2.53. The monoisotopic (exact) mass is 242 g/mol. The maximum atomic E-state index is 5.23. The van der Waals surface area contributed by atoms with Crippen LogP contribution in [0.4, 0.5) is 0 Å². The normalized spacial score (nSPS) is 15.9. The van der Waals surface area contributed by atoms with Crippen LogP contribution in [-0.2, 0) is 0 Å². The van der Waals surface area contributed by atoms with E-state index in [0.29, 0.717) is 11.8 Å². The molecule has 0 bridgehead atoms. The van der Waals surface area contributed by atoms with Crippen LogP contribution in [0.25, 0.3) is 0 Å². The van der Waals surface area contributed by atoms with Gasteiger partial charge >= 0.3 is 0 Å². The Hall–Kier alpha value is -1.50. The fraction of sp³-hybridized carbons (Fsp3) is 0.412. The highest BCUT2D eigenvalue weighted by Gasteiger charge is 2.18. The molecule has 0 saturated carbocycles. The number of hydrogen-bond donors (Lipinski definition) is 0. The second-order valence-electron chi connectivity index (χ2n) is 5.33. The first-order valence-electron chi connectivity index (χ1n) is 6.70. The molecular weight excluding hydrogens is 220 g/mol. The molecule has 1 aliphatic rings. The molecule has 0 N–H and O–H groups in total. The van der Waals surface area contributed by atoms with Gasteiger partial charge in [-0.05, 0) is 36.5 Å². The average Bonchev–Trinajstić information content (AvgIpc) is 2.89. The van der Waals surface area contributed by atoms with Crippen LogP contribution in [0.5, 0.6) is 5.75 Å². The van der Waals surface area contributed by atoms with E-state index in [2.05, 4.69) is 56.3 Å². The van der Waals surface area contributed by atoms with Crippen LogP contribution in [-0.4, -0.2) is 7.11 Å². The van der Waals surface area contributed by atoms with Crippen molar-refractivity contribution in [1.82, 2.24) is 0 Å². The molecular formula is C17H22O. The molecule has 0 saturated heterocycles. The minimum absolute atomic E-state index is 0.547. The lowest BCUT2D eigenvalue weighted by Gasteiger charge is -2.21. The van der Waals surface area contributed by atoms with Crippen molar-refractivity contribution >= 4 is 0 Å². The summed E-state index contributed by atoms with van der Waals surface area (Å²) >= 11 is 0. The van der Waals surface area contributed by atoms with Crippen molar-refractivity contribution in [3.8, 4) is 5.75 Å². The Bertz CT molecular complexity index is 437. The molecule has 0 unspecified atom stereocenters. The number of methoxy groups -OCH3 is 1. The Kier molecular flexibility index (Phi) is 4.24. The molecule has 0 aliphatic heterocycles. The van der Waals surface area contributed by atoms with Gasteiger partial charge in [0.25, 0.3) is 0 Å². The molecule has 0 fully saturated rings. The molecule has 1 aromatic carbocycles. The second-order valence-corrected chi connectivity index (χ2v) is 5.33. The van der Waals surface area contributed by atoms with Crippen molar-refractivity contribution in [2.45, 2.75) is 32.6 Å². The molecule has 96 valence electrons. The highest BCUT2D eigenvalue weighted by Crippen LogP contribution is 2.35. The molecule has 1 atom stereocenters. The lowest BCUT2D eigenvalue weighted by Crippen LogP contribution is -2.05. The van der Waals surface area contributed by atoms with Crippen LogP contribution >= 0.6 is 0 Å². The standard InChI is InChI=1S/C17H22O/c1-13(2)12-17(14-6-4-5-7-14)15-8-10-16(18-3)11-9-15/h4-6,8-11,13,17H,7,12H2,1-3H3/t17-/m1/s1. The first-order chi connectivity index (χ1) is 8.70. The van der Waals surface area contributed by atoms with E-state index in [0.717, 1.165) is 12.2 Å². The first kappa shape index (κ1) is 12.9. The van der Waals surface area contributed by atoms with Crippen molar-refractivity contribution in [3.05, 3.63) is 53.6 Å². The predicted molar refractivity (Wildman–Crippen MR) is 77.0 cm³/mol. The van der Waals surface area contributed by atoms with Gasteiger partial charge in [-0.2, -0.15) is 0 Å². The quantitative estimate of drug-likeness (QED) is 0.726. The van der Waals surface area contributed by atoms with Crippen molar-refractivity contribution in [3.63, 3.8) is 0 Å². The largest absolute Gasteiger partial charge is 0.497 e. The van der Waals surface area contributed by atoms with Gasteiger partial charge in [-0.15, -0.1) is 0 Å². The van der Waals surface area contributed by atoms with Crippen LogP contribution in [0.15, 0.2) is 48.1 Å². The highest BCUT2D eigenvalue weighted by molar-refractivity contribution is 5.38. The molecule has 0 heterocycles. The van der Waals surface area contributed by atoms with Crippen LogP contribution in [0.1, 0.15) is 38.2 Å². The van der Waals surface area contributed by atoms with E-state index in [4.69, 9.17) is 4.74 Å². The van der Waals surface area contributed by atoms with Gasteiger partial charge in [0.2, 0.25) is 0 Å². The predicted octanol–water partition coefficient (Wildman–Crippen LogP) is 4.71. The zero-order valence-electron chi connectivity index (χ0n) is 11.5. The molecule has 0 radical (unpaired) electrons. The van der Waals surface area contributed by atoms with Crippen molar-refractivity contribution in [2.24, 2.45) is 5.92 Å². The summed E-state index contributed by atoms with van der Waals surface area (Å²) in [6.07, 6.45) is 9.00. The van der Waals surface area contributed by atoms with Crippen molar-refractivity contribution in [1.29, 1.82) is 0 Å².